The number of carbonyl (C=O) groups excluding carboxylic acids is 3. The van der Waals surface area contributed by atoms with Crippen LogP contribution >= 0.6 is 0 Å². The first-order chi connectivity index (χ1) is 9.56. The molecule has 2 aliphatic rings. The summed E-state index contributed by atoms with van der Waals surface area (Å²) in [6.45, 7) is 2.94. The van der Waals surface area contributed by atoms with E-state index in [4.69, 9.17) is 0 Å². The summed E-state index contributed by atoms with van der Waals surface area (Å²) in [4.78, 5) is 39.1. The van der Waals surface area contributed by atoms with Crippen molar-refractivity contribution in [2.75, 3.05) is 26.7 Å². The van der Waals surface area contributed by atoms with E-state index in [1.165, 1.54) is 12.0 Å². The molecular weight excluding hydrogens is 260 g/mol. The maximum absolute atomic E-state index is 12.5. The summed E-state index contributed by atoms with van der Waals surface area (Å²) >= 11 is 0. The highest BCUT2D eigenvalue weighted by Crippen LogP contribution is 2.33. The van der Waals surface area contributed by atoms with Crippen molar-refractivity contribution in [3.63, 3.8) is 0 Å². The number of ether oxygens (including phenoxy) is 1. The highest BCUT2D eigenvalue weighted by atomic mass is 16.5. The van der Waals surface area contributed by atoms with E-state index in [1.807, 2.05) is 11.8 Å². The van der Waals surface area contributed by atoms with Crippen LogP contribution in [0.3, 0.4) is 0 Å². The first-order valence-corrected chi connectivity index (χ1v) is 7.21. The van der Waals surface area contributed by atoms with Gasteiger partial charge in [-0.1, -0.05) is 6.92 Å². The quantitative estimate of drug-likeness (QED) is 0.662. The molecule has 1 heterocycles. The molecule has 2 fully saturated rings. The molecule has 6 nitrogen and oxygen atoms in total. The van der Waals surface area contributed by atoms with E-state index in [2.05, 4.69) is 4.74 Å². The van der Waals surface area contributed by atoms with Gasteiger partial charge in [-0.2, -0.15) is 0 Å². The van der Waals surface area contributed by atoms with E-state index in [0.717, 1.165) is 19.3 Å². The number of hydrogen-bond acceptors (Lipinski definition) is 4. The highest BCUT2D eigenvalue weighted by molar-refractivity contribution is 5.91. The molecule has 1 unspecified atom stereocenters. The van der Waals surface area contributed by atoms with Crippen molar-refractivity contribution in [3.05, 3.63) is 0 Å². The van der Waals surface area contributed by atoms with Crippen LogP contribution in [0.2, 0.25) is 0 Å². The fraction of sp³-hybridized carbons (Fsp3) is 0.786. The summed E-state index contributed by atoms with van der Waals surface area (Å²) in [7, 11) is 1.31. The molecule has 1 saturated heterocycles. The van der Waals surface area contributed by atoms with Crippen molar-refractivity contribution in [3.8, 4) is 0 Å². The molecule has 0 spiro atoms. The van der Waals surface area contributed by atoms with Gasteiger partial charge < -0.3 is 14.5 Å². The fourth-order valence-corrected chi connectivity index (χ4v) is 2.65. The van der Waals surface area contributed by atoms with Gasteiger partial charge in [-0.25, -0.2) is 0 Å². The molecule has 1 aliphatic heterocycles. The summed E-state index contributed by atoms with van der Waals surface area (Å²) in [5.74, 6) is -0.761. The van der Waals surface area contributed by atoms with E-state index >= 15 is 0 Å². The molecule has 112 valence electrons. The first kappa shape index (κ1) is 14.8. The standard InChI is InChI=1S/C14H22N2O4/c1-3-6-15(9-13(18)20-2)14(19)10-7-12(17)16(8-10)11-4-5-11/h10-11H,3-9H2,1-2H3. The average molecular weight is 282 g/mol. The lowest BCUT2D eigenvalue weighted by atomic mass is 10.1. The number of methoxy groups -OCH3 is 1. The molecule has 2 rings (SSSR count). The minimum absolute atomic E-state index is 0.0305. The van der Waals surface area contributed by atoms with Crippen LogP contribution in [0.25, 0.3) is 0 Å². The van der Waals surface area contributed by atoms with Gasteiger partial charge in [0.15, 0.2) is 0 Å². The second-order valence-corrected chi connectivity index (χ2v) is 5.51. The third-order valence-corrected chi connectivity index (χ3v) is 3.85. The van der Waals surface area contributed by atoms with Crippen molar-refractivity contribution >= 4 is 17.8 Å². The fourth-order valence-electron chi connectivity index (χ4n) is 2.65. The van der Waals surface area contributed by atoms with Crippen molar-refractivity contribution in [1.82, 2.24) is 9.80 Å². The van der Waals surface area contributed by atoms with Crippen LogP contribution in [-0.2, 0) is 19.1 Å². The zero-order chi connectivity index (χ0) is 14.7. The molecular formula is C14H22N2O4. The third-order valence-electron chi connectivity index (χ3n) is 3.85. The van der Waals surface area contributed by atoms with E-state index in [0.29, 0.717) is 19.1 Å². The van der Waals surface area contributed by atoms with E-state index in [-0.39, 0.29) is 30.7 Å². The Morgan fingerprint density at radius 1 is 1.40 bits per heavy atom. The Morgan fingerprint density at radius 3 is 2.65 bits per heavy atom. The van der Waals surface area contributed by atoms with Gasteiger partial charge in [0.05, 0.1) is 13.0 Å². The lowest BCUT2D eigenvalue weighted by molar-refractivity contribution is -0.148. The Morgan fingerprint density at radius 2 is 2.10 bits per heavy atom. The van der Waals surface area contributed by atoms with Crippen molar-refractivity contribution in [2.24, 2.45) is 5.92 Å². The molecule has 0 aromatic carbocycles. The van der Waals surface area contributed by atoms with Crippen molar-refractivity contribution in [2.45, 2.75) is 38.6 Å². The van der Waals surface area contributed by atoms with E-state index < -0.39 is 5.97 Å². The number of likely N-dealkylation sites (tertiary alicyclic amines) is 1. The molecule has 20 heavy (non-hydrogen) atoms. The number of nitrogens with zero attached hydrogens (tertiary/aromatic N) is 2. The summed E-state index contributed by atoms with van der Waals surface area (Å²) in [6, 6.07) is 0.348. The maximum Gasteiger partial charge on any atom is 0.325 e. The molecule has 0 N–H and O–H groups in total. The van der Waals surface area contributed by atoms with Gasteiger partial charge in [-0.05, 0) is 19.3 Å². The maximum atomic E-state index is 12.5. The minimum atomic E-state index is -0.421. The Kier molecular flexibility index (Phi) is 4.62. The largest absolute Gasteiger partial charge is 0.468 e. The molecule has 1 atom stereocenters. The second-order valence-electron chi connectivity index (χ2n) is 5.51. The number of hydrogen-bond donors (Lipinski definition) is 0. The lowest BCUT2D eigenvalue weighted by Gasteiger charge is -2.24. The van der Waals surface area contributed by atoms with Gasteiger partial charge in [0, 0.05) is 25.6 Å². The number of carbonyl (C=O) groups is 3. The Hall–Kier alpha value is -1.59. The summed E-state index contributed by atoms with van der Waals surface area (Å²) in [5, 5.41) is 0. The topological polar surface area (TPSA) is 66.9 Å². The van der Waals surface area contributed by atoms with Crippen LogP contribution in [-0.4, -0.2) is 60.4 Å². The zero-order valence-electron chi connectivity index (χ0n) is 12.1. The molecule has 0 radical (unpaired) electrons. The molecule has 0 bridgehead atoms. The monoisotopic (exact) mass is 282 g/mol. The zero-order valence-corrected chi connectivity index (χ0v) is 12.1. The smallest absolute Gasteiger partial charge is 0.325 e. The van der Waals surface area contributed by atoms with Crippen LogP contribution in [0, 0.1) is 5.92 Å². The number of esters is 1. The SMILES string of the molecule is CCCN(CC(=O)OC)C(=O)C1CC(=O)N(C2CC2)C1. The van der Waals surface area contributed by atoms with Crippen molar-refractivity contribution in [1.29, 1.82) is 0 Å². The van der Waals surface area contributed by atoms with Crippen LogP contribution < -0.4 is 0 Å². The van der Waals surface area contributed by atoms with Crippen LogP contribution in [0.1, 0.15) is 32.6 Å². The van der Waals surface area contributed by atoms with Crippen LogP contribution in [0.4, 0.5) is 0 Å². The molecule has 1 saturated carbocycles. The molecule has 0 aromatic heterocycles. The first-order valence-electron chi connectivity index (χ1n) is 7.21. The summed E-state index contributed by atoms with van der Waals surface area (Å²) in [5.41, 5.74) is 0. The Balaban J connectivity index is 1.96. The number of rotatable bonds is 6. The van der Waals surface area contributed by atoms with E-state index in [1.54, 1.807) is 0 Å². The Bertz CT molecular complexity index is 406. The molecule has 2 amide bonds. The van der Waals surface area contributed by atoms with Gasteiger partial charge in [-0.3, -0.25) is 14.4 Å². The third kappa shape index (κ3) is 3.29. The van der Waals surface area contributed by atoms with Gasteiger partial charge in [0.2, 0.25) is 11.8 Å². The van der Waals surface area contributed by atoms with Crippen molar-refractivity contribution < 1.29 is 19.1 Å². The number of amides is 2. The predicted octanol–water partition coefficient (Wildman–Crippen LogP) is 0.409. The summed E-state index contributed by atoms with van der Waals surface area (Å²) < 4.78 is 4.62. The molecule has 6 heteroatoms. The normalized spacial score (nSPS) is 22.0. The van der Waals surface area contributed by atoms with Crippen LogP contribution in [0.15, 0.2) is 0 Å². The average Bonchev–Trinajstić information content (AvgIpc) is 3.20. The molecule has 0 aromatic rings. The minimum Gasteiger partial charge on any atom is -0.468 e. The van der Waals surface area contributed by atoms with Gasteiger partial charge in [0.25, 0.3) is 0 Å². The lowest BCUT2D eigenvalue weighted by Crippen LogP contribution is -2.41. The van der Waals surface area contributed by atoms with Gasteiger partial charge >= 0.3 is 5.97 Å². The van der Waals surface area contributed by atoms with Gasteiger partial charge in [-0.15, -0.1) is 0 Å². The van der Waals surface area contributed by atoms with E-state index in [9.17, 15) is 14.4 Å². The van der Waals surface area contributed by atoms with Crippen LogP contribution in [0.5, 0.6) is 0 Å². The molecule has 1 aliphatic carbocycles. The van der Waals surface area contributed by atoms with Gasteiger partial charge in [0.1, 0.15) is 6.54 Å². The Labute approximate surface area is 119 Å². The predicted molar refractivity (Wildman–Crippen MR) is 71.7 cm³/mol. The highest BCUT2D eigenvalue weighted by Gasteiger charge is 2.42. The second kappa shape index (κ2) is 6.24. The summed E-state index contributed by atoms with van der Waals surface area (Å²) in [6.07, 6.45) is 3.15.